The first-order chi connectivity index (χ1) is 46.0. The van der Waals surface area contributed by atoms with Gasteiger partial charge in [0.2, 0.25) is 70.9 Å². The van der Waals surface area contributed by atoms with Crippen molar-refractivity contribution in [3.05, 3.63) is 64.7 Å². The van der Waals surface area contributed by atoms with Crippen molar-refractivity contribution in [1.82, 2.24) is 54.7 Å². The van der Waals surface area contributed by atoms with Crippen LogP contribution in [0.1, 0.15) is 142 Å². The van der Waals surface area contributed by atoms with E-state index in [4.69, 9.17) is 11.6 Å². The number of rotatable bonds is 10. The monoisotopic (exact) mass is 1390 g/mol. The molecular weight excluding hydrogens is 1290 g/mol. The van der Waals surface area contributed by atoms with E-state index in [9.17, 15) is 56.3 Å². The van der Waals surface area contributed by atoms with Gasteiger partial charge in [0, 0.05) is 75.2 Å². The Bertz CT molecular complexity index is 3220. The molecule has 2 saturated heterocycles. The number of hydrogen-bond donors (Lipinski definition) is 2. The Labute approximate surface area is 579 Å². The first kappa shape index (κ1) is 79.1. The number of carbonyl (C=O) groups excluding carboxylic acids is 12. The van der Waals surface area contributed by atoms with Gasteiger partial charge in [-0.25, -0.2) is 0 Å². The zero-order valence-electron chi connectivity index (χ0n) is 59.3. The molecule has 4 fully saturated rings. The number of anilines is 1. The molecule has 2 heterocycles. The molecule has 1 unspecified atom stereocenters. The van der Waals surface area contributed by atoms with E-state index in [-0.39, 0.29) is 36.4 Å². The van der Waals surface area contributed by atoms with Crippen molar-refractivity contribution in [2.45, 2.75) is 185 Å². The summed E-state index contributed by atoms with van der Waals surface area (Å²) in [5.74, 6) is -9.32. The molecule has 0 aromatic heterocycles. The summed E-state index contributed by atoms with van der Waals surface area (Å²) in [4.78, 5) is 189. The van der Waals surface area contributed by atoms with Gasteiger partial charge in [-0.3, -0.25) is 57.5 Å². The van der Waals surface area contributed by atoms with E-state index in [1.54, 1.807) is 30.0 Å². The van der Waals surface area contributed by atoms with E-state index in [0.29, 0.717) is 45.2 Å². The molecule has 0 spiro atoms. The maximum Gasteiger partial charge on any atom is 0.417 e. The Morgan fingerprint density at radius 1 is 0.643 bits per heavy atom. The van der Waals surface area contributed by atoms with Gasteiger partial charge in [-0.05, 0) is 120 Å². The third-order valence-corrected chi connectivity index (χ3v) is 21.0. The normalized spacial score (nSPS) is 25.0. The molecule has 7 atom stereocenters. The maximum absolute atomic E-state index is 15.4. The Balaban J connectivity index is 1.43. The zero-order valence-corrected chi connectivity index (χ0v) is 60.0. The van der Waals surface area contributed by atoms with E-state index in [0.717, 1.165) is 86.5 Å². The van der Waals surface area contributed by atoms with E-state index in [1.165, 1.54) is 110 Å². The molecule has 2 saturated carbocycles. The van der Waals surface area contributed by atoms with Crippen LogP contribution in [0.2, 0.25) is 5.02 Å². The number of nitrogens with one attached hydrogen (secondary N) is 2. The van der Waals surface area contributed by atoms with Crippen LogP contribution in [0.3, 0.4) is 0 Å². The number of amides is 12. The topological polar surface area (TPSA) is 261 Å². The van der Waals surface area contributed by atoms with E-state index < -0.39 is 174 Å². The van der Waals surface area contributed by atoms with Gasteiger partial charge >= 0.3 is 6.18 Å². The van der Waals surface area contributed by atoms with E-state index in [1.807, 2.05) is 6.92 Å². The smallest absolute Gasteiger partial charge is 0.343 e. The maximum atomic E-state index is 15.4. The summed E-state index contributed by atoms with van der Waals surface area (Å²) in [6.07, 6.45) is 3.06. The molecule has 2 N–H and O–H groups in total. The van der Waals surface area contributed by atoms with E-state index >= 15 is 14.4 Å². The molecule has 28 heteroatoms. The lowest BCUT2D eigenvalue weighted by Gasteiger charge is -2.45. The van der Waals surface area contributed by atoms with Crippen molar-refractivity contribution in [2.75, 3.05) is 101 Å². The van der Waals surface area contributed by atoms with Crippen molar-refractivity contribution in [3.63, 3.8) is 0 Å². The molecule has 2 aliphatic heterocycles. The third kappa shape index (κ3) is 19.7. The van der Waals surface area contributed by atoms with Crippen LogP contribution in [0.4, 0.5) is 18.9 Å². The number of alkyl halides is 3. The van der Waals surface area contributed by atoms with Crippen LogP contribution in [0.5, 0.6) is 0 Å². The van der Waals surface area contributed by atoms with Crippen LogP contribution in [-0.2, 0) is 70.1 Å². The lowest BCUT2D eigenvalue weighted by molar-refractivity contribution is -0.160. The number of piperidine rings is 1. The second kappa shape index (κ2) is 34.8. The minimum Gasteiger partial charge on any atom is -0.343 e. The van der Waals surface area contributed by atoms with Gasteiger partial charge in [-0.15, -0.1) is 0 Å². The number of aryl methyl sites for hydroxylation is 1. The summed E-state index contributed by atoms with van der Waals surface area (Å²) < 4.78 is 41.7. The van der Waals surface area contributed by atoms with Gasteiger partial charge < -0.3 is 59.6 Å². The summed E-state index contributed by atoms with van der Waals surface area (Å²) in [7, 11) is 11.0. The highest BCUT2D eigenvalue weighted by atomic mass is 35.5. The number of likely N-dealkylation sites (tertiary alicyclic amines) is 1. The number of para-hydroxylation sites is 1. The zero-order chi connectivity index (χ0) is 72.8. The second-order valence-corrected chi connectivity index (χ2v) is 28.2. The lowest BCUT2D eigenvalue weighted by atomic mass is 9.78. The molecule has 2 aromatic rings. The fourth-order valence-electron chi connectivity index (χ4n) is 13.2. The summed E-state index contributed by atoms with van der Waals surface area (Å²) in [5, 5.41) is 4.91. The molecule has 12 amide bonds. The molecule has 2 aliphatic carbocycles. The lowest BCUT2D eigenvalue weighted by Crippen LogP contribution is -2.64. The molecular formula is C70H102ClF3N12O12. The molecule has 0 radical (unpaired) electrons. The van der Waals surface area contributed by atoms with Crippen molar-refractivity contribution in [3.8, 4) is 0 Å². The summed E-state index contributed by atoms with van der Waals surface area (Å²) in [6, 6.07) is 3.25. The van der Waals surface area contributed by atoms with Crippen LogP contribution in [0, 0.1) is 17.8 Å². The van der Waals surface area contributed by atoms with E-state index in [2.05, 4.69) is 10.6 Å². The number of benzene rings is 2. The number of carbonyl (C=O) groups is 12. The largest absolute Gasteiger partial charge is 0.417 e. The SMILES string of the molecule is CC[C@H](C)[C@@H]1NC(=O)[C@H](C)N(C)C(=O)CC(C(=O)N2CCCCC2)N(C)C(=O)[C@H](C2CCC2)N(C)C(=O)C(C)(C)N(C)C(=O)CN(c2ccccc2)C(=O)[C@H](CCc2ccc(C(F)(F)F)c(Cl)c2)NC(=O)CN(C)C(=O)[C@H](CC2CCCCC2)N(C)C(=O)CN(C)C(=O)CN(C)C1=O. The number of likely N-dealkylation sites (N-methyl/N-ethyl adjacent to an activating group) is 8. The first-order valence-electron chi connectivity index (χ1n) is 34.2. The van der Waals surface area contributed by atoms with Crippen LogP contribution < -0.4 is 15.5 Å². The highest BCUT2D eigenvalue weighted by molar-refractivity contribution is 6.31. The Morgan fingerprint density at radius 2 is 1.24 bits per heavy atom. The number of hydrogen-bond acceptors (Lipinski definition) is 12. The summed E-state index contributed by atoms with van der Waals surface area (Å²) >= 11 is 6.16. The highest BCUT2D eigenvalue weighted by Crippen LogP contribution is 2.37. The molecule has 0 bridgehead atoms. The molecule has 542 valence electrons. The highest BCUT2D eigenvalue weighted by Gasteiger charge is 2.48. The molecule has 24 nitrogen and oxygen atoms in total. The van der Waals surface area contributed by atoms with Crippen LogP contribution >= 0.6 is 11.6 Å². The molecule has 2 aromatic carbocycles. The summed E-state index contributed by atoms with van der Waals surface area (Å²) in [6.45, 7) is 6.16. The van der Waals surface area contributed by atoms with Gasteiger partial charge in [-0.1, -0.05) is 94.7 Å². The van der Waals surface area contributed by atoms with Crippen molar-refractivity contribution < 1.29 is 70.7 Å². The predicted octanol–water partition coefficient (Wildman–Crippen LogP) is 5.47. The van der Waals surface area contributed by atoms with Gasteiger partial charge in [-0.2, -0.15) is 13.2 Å². The molecule has 6 rings (SSSR count). The molecule has 98 heavy (non-hydrogen) atoms. The van der Waals surface area contributed by atoms with Gasteiger partial charge in [0.05, 0.1) is 36.6 Å². The van der Waals surface area contributed by atoms with Gasteiger partial charge in [0.1, 0.15) is 48.3 Å². The van der Waals surface area contributed by atoms with Crippen molar-refractivity contribution >= 4 is 88.2 Å². The van der Waals surface area contributed by atoms with Crippen LogP contribution in [0.15, 0.2) is 48.5 Å². The van der Waals surface area contributed by atoms with Gasteiger partial charge in [0.15, 0.2) is 0 Å². The standard InChI is InChI=1S/C70H102ClF3N12O12/c1-14-44(2)60-66(96)79(8)41-57(89)77(6)42-58(90)81(10)53(38-46-25-18-15-19-26-46)64(94)78(7)40-55(87)75-52(34-32-47-31-33-50(51(71)37-47)70(72,73)74)63(93)86(49-29-20-16-21-30-49)43-59(91)84(13)69(4,5)68(98)83(12)61(48-27-24-28-48)67(97)82(11)54(65(95)85-35-22-17-23-36-85)39-56(88)80(9)45(3)62(92)76-60/h16,20-21,29-31,33,37,44-46,48,52-54,60-61H,14-15,17-19,22-28,32,34-36,38-43H2,1-13H3,(H,75,87)(H,76,92)/t44-,45-,52-,53-,54?,60-,61-/m0/s1. The third-order valence-electron chi connectivity index (χ3n) is 20.6. The predicted molar refractivity (Wildman–Crippen MR) is 362 cm³/mol. The second-order valence-electron chi connectivity index (χ2n) is 27.8. The Kier molecular flexibility index (Phi) is 28.1. The molecule has 4 aliphatic rings. The quantitative estimate of drug-likeness (QED) is 0.300. The minimum absolute atomic E-state index is 0.00158. The van der Waals surface area contributed by atoms with Gasteiger partial charge in [0.25, 0.3) is 0 Å². The van der Waals surface area contributed by atoms with Crippen molar-refractivity contribution in [1.29, 1.82) is 0 Å². The van der Waals surface area contributed by atoms with Crippen LogP contribution in [0.25, 0.3) is 0 Å². The number of nitrogens with zero attached hydrogens (tertiary/aromatic N) is 10. The van der Waals surface area contributed by atoms with Crippen LogP contribution in [-0.4, -0.2) is 252 Å². The fourth-order valence-corrected chi connectivity index (χ4v) is 13.5. The fraction of sp³-hybridized carbons (Fsp3) is 0.657. The minimum atomic E-state index is -4.78. The number of halogens is 4. The average molecular weight is 1400 g/mol. The van der Waals surface area contributed by atoms with Crippen molar-refractivity contribution in [2.24, 2.45) is 17.8 Å². The average Bonchev–Trinajstić information content (AvgIpc) is 0.780. The summed E-state index contributed by atoms with van der Waals surface area (Å²) in [5.41, 5.74) is -2.43. The first-order valence-corrected chi connectivity index (χ1v) is 34.6. The Morgan fingerprint density at radius 3 is 1.83 bits per heavy atom. The Hall–Kier alpha value is -7.84.